The van der Waals surface area contributed by atoms with Crippen molar-refractivity contribution in [3.05, 3.63) is 16.5 Å². The molecule has 72 valence electrons. The van der Waals surface area contributed by atoms with Gasteiger partial charge in [-0.15, -0.1) is 0 Å². The van der Waals surface area contributed by atoms with Crippen LogP contribution in [-0.2, 0) is 17.8 Å². The third-order valence-electron chi connectivity index (χ3n) is 2.07. The molecule has 0 amide bonds. The molecular weight excluding hydrogens is 217 g/mol. The van der Waals surface area contributed by atoms with E-state index in [0.717, 1.165) is 35.5 Å². The van der Waals surface area contributed by atoms with Crippen LogP contribution < -0.4 is 5.32 Å². The lowest BCUT2D eigenvalue weighted by atomic mass is 10.1. The fourth-order valence-electron chi connectivity index (χ4n) is 1.47. The zero-order valence-electron chi connectivity index (χ0n) is 7.59. The van der Waals surface area contributed by atoms with Gasteiger partial charge in [0.1, 0.15) is 5.82 Å². The lowest BCUT2D eigenvalue weighted by Gasteiger charge is -2.18. The summed E-state index contributed by atoms with van der Waals surface area (Å²) in [5.41, 5.74) is 2.03. The number of halogens is 1. The summed E-state index contributed by atoms with van der Waals surface area (Å²) in [5.74, 6) is 0.832. The molecule has 0 aromatic carbocycles. The topological polar surface area (TPSA) is 47.0 Å². The van der Waals surface area contributed by atoms with E-state index in [1.807, 2.05) is 0 Å². The number of hydrogen-bond donors (Lipinski definition) is 1. The van der Waals surface area contributed by atoms with E-state index in [-0.39, 0.29) is 5.28 Å². The normalized spacial score (nSPS) is 14.9. The first-order valence-electron chi connectivity index (χ1n) is 4.38. The van der Waals surface area contributed by atoms with Gasteiger partial charge in [0, 0.05) is 12.0 Å². The van der Waals surface area contributed by atoms with Gasteiger partial charge in [0.2, 0.25) is 5.28 Å². The molecule has 2 heterocycles. The van der Waals surface area contributed by atoms with Crippen LogP contribution in [0.25, 0.3) is 0 Å². The van der Waals surface area contributed by atoms with Crippen molar-refractivity contribution in [1.82, 2.24) is 9.97 Å². The van der Waals surface area contributed by atoms with E-state index in [1.165, 1.54) is 0 Å². The standard InChI is InChI=1S/C8H9ClN3O.Al/c1-10-7-5-2-3-13-4-6(5)11-8(9)12-7;/h1-4H2,(H,10,11,12);. The fraction of sp³-hybridized carbons (Fsp3) is 0.500. The van der Waals surface area contributed by atoms with Gasteiger partial charge in [-0.05, 0) is 11.6 Å². The Bertz CT molecular complexity index is 348. The van der Waals surface area contributed by atoms with E-state index >= 15 is 0 Å². The van der Waals surface area contributed by atoms with Crippen molar-refractivity contribution in [2.75, 3.05) is 17.3 Å². The van der Waals surface area contributed by atoms with Crippen molar-refractivity contribution in [1.29, 1.82) is 0 Å². The summed E-state index contributed by atoms with van der Waals surface area (Å²) in [4.78, 5) is 8.29. The summed E-state index contributed by atoms with van der Waals surface area (Å²) in [7, 11) is 0. The van der Waals surface area contributed by atoms with E-state index in [4.69, 9.17) is 16.3 Å². The zero-order valence-corrected chi connectivity index (χ0v) is 9.50. The molecule has 1 aromatic rings. The highest BCUT2D eigenvalue weighted by Gasteiger charge is 2.16. The summed E-state index contributed by atoms with van der Waals surface area (Å²) in [6.07, 6.45) is 0.847. The average molecular weight is 226 g/mol. The largest absolute Gasteiger partial charge is 0.386 e. The predicted octanol–water partition coefficient (Wildman–Crippen LogP) is 0.741. The molecule has 4 nitrogen and oxygen atoms in total. The molecule has 0 aliphatic carbocycles. The number of nitrogens with one attached hydrogen (secondary N) is 1. The van der Waals surface area contributed by atoms with Gasteiger partial charge in [0.25, 0.3) is 0 Å². The molecule has 2 rings (SSSR count). The number of nitrogens with zero attached hydrogens (tertiary/aromatic N) is 2. The molecule has 6 heteroatoms. The highest BCUT2D eigenvalue weighted by Crippen LogP contribution is 2.23. The molecular formula is C8H9AlClN3O. The van der Waals surface area contributed by atoms with Crippen LogP contribution in [0.15, 0.2) is 0 Å². The van der Waals surface area contributed by atoms with Gasteiger partial charge in [-0.3, -0.25) is 0 Å². The monoisotopic (exact) mass is 225 g/mol. The van der Waals surface area contributed by atoms with Gasteiger partial charge in [0.05, 0.1) is 18.9 Å². The lowest BCUT2D eigenvalue weighted by molar-refractivity contribution is 0.107. The van der Waals surface area contributed by atoms with E-state index in [9.17, 15) is 0 Å². The van der Waals surface area contributed by atoms with Gasteiger partial charge in [-0.2, -0.15) is 0 Å². The molecule has 0 unspecified atom stereocenters. The Balaban J connectivity index is 2.41. The van der Waals surface area contributed by atoms with Crippen LogP contribution in [0.1, 0.15) is 11.3 Å². The number of anilines is 1. The molecule has 0 saturated carbocycles. The zero-order chi connectivity index (χ0) is 9.97. The van der Waals surface area contributed by atoms with Crippen LogP contribution in [0, 0.1) is 0 Å². The minimum absolute atomic E-state index is 0.273. The second-order valence-corrected chi connectivity index (χ2v) is 3.70. The van der Waals surface area contributed by atoms with Crippen LogP contribution in [0.3, 0.4) is 0 Å². The number of ether oxygens (including phenoxy) is 1. The van der Waals surface area contributed by atoms with Gasteiger partial charge in [-0.25, -0.2) is 9.97 Å². The molecule has 0 spiro atoms. The SMILES string of the molecule is [Al][CH2]Nc1nc(Cl)nc2c1CCOC2. The minimum atomic E-state index is 0.273. The molecule has 1 aromatic heterocycles. The first kappa shape index (κ1) is 10.2. The second kappa shape index (κ2) is 4.45. The number of aromatic nitrogens is 2. The Morgan fingerprint density at radius 2 is 2.36 bits per heavy atom. The van der Waals surface area contributed by atoms with Crippen molar-refractivity contribution >= 4 is 33.7 Å². The van der Waals surface area contributed by atoms with Crippen LogP contribution in [-0.4, -0.2) is 38.3 Å². The van der Waals surface area contributed by atoms with E-state index in [2.05, 4.69) is 31.6 Å². The first-order chi connectivity index (χ1) is 6.81. The third kappa shape index (κ3) is 2.01. The lowest BCUT2D eigenvalue weighted by Crippen LogP contribution is -2.17. The summed E-state index contributed by atoms with van der Waals surface area (Å²) < 4.78 is 5.30. The Kier molecular flexibility index (Phi) is 3.24. The predicted molar refractivity (Wildman–Crippen MR) is 54.6 cm³/mol. The molecule has 0 atom stereocenters. The van der Waals surface area contributed by atoms with Crippen LogP contribution >= 0.6 is 11.6 Å². The van der Waals surface area contributed by atoms with Crippen LogP contribution in [0.2, 0.25) is 5.28 Å². The average Bonchev–Trinajstić information content (AvgIpc) is 2.18. The molecule has 2 radical (unpaired) electrons. The quantitative estimate of drug-likeness (QED) is 0.596. The van der Waals surface area contributed by atoms with Crippen LogP contribution in [0.4, 0.5) is 5.82 Å². The maximum Gasteiger partial charge on any atom is 0.224 e. The Morgan fingerprint density at radius 1 is 1.50 bits per heavy atom. The maximum absolute atomic E-state index is 5.79. The third-order valence-corrected chi connectivity index (χ3v) is 2.44. The van der Waals surface area contributed by atoms with Gasteiger partial charge in [-0.1, -0.05) is 5.41 Å². The van der Waals surface area contributed by atoms with Crippen molar-refractivity contribution in [3.63, 3.8) is 0 Å². The van der Waals surface area contributed by atoms with Crippen molar-refractivity contribution in [2.45, 2.75) is 13.0 Å². The molecule has 1 aliphatic heterocycles. The smallest absolute Gasteiger partial charge is 0.224 e. The van der Waals surface area contributed by atoms with Crippen molar-refractivity contribution < 1.29 is 4.74 Å². The Hall–Kier alpha value is -0.338. The molecule has 1 N–H and O–H groups in total. The fourth-order valence-corrected chi connectivity index (χ4v) is 1.85. The summed E-state index contributed by atoms with van der Waals surface area (Å²) in [6.45, 7) is 1.26. The maximum atomic E-state index is 5.79. The van der Waals surface area contributed by atoms with Gasteiger partial charge in [0.15, 0.2) is 16.3 Å². The molecule has 0 saturated heterocycles. The number of rotatable bonds is 2. The number of hydrogen-bond acceptors (Lipinski definition) is 4. The highest BCUT2D eigenvalue weighted by atomic mass is 35.5. The summed E-state index contributed by atoms with van der Waals surface area (Å²) in [5, 5.41) is 4.17. The molecule has 0 fully saturated rings. The van der Waals surface area contributed by atoms with Crippen LogP contribution in [0.5, 0.6) is 0 Å². The summed E-state index contributed by atoms with van der Waals surface area (Å²) in [6, 6.07) is 0. The van der Waals surface area contributed by atoms with E-state index in [1.54, 1.807) is 0 Å². The van der Waals surface area contributed by atoms with Gasteiger partial charge >= 0.3 is 0 Å². The van der Waals surface area contributed by atoms with Crippen molar-refractivity contribution in [2.24, 2.45) is 0 Å². The number of fused-ring (bicyclic) bond motifs is 1. The minimum Gasteiger partial charge on any atom is -0.386 e. The second-order valence-electron chi connectivity index (χ2n) is 2.95. The van der Waals surface area contributed by atoms with Crippen molar-refractivity contribution in [3.8, 4) is 0 Å². The Labute approximate surface area is 95.5 Å². The van der Waals surface area contributed by atoms with E-state index < -0.39 is 0 Å². The molecule has 0 bridgehead atoms. The Morgan fingerprint density at radius 3 is 3.14 bits per heavy atom. The first-order valence-corrected chi connectivity index (χ1v) is 5.57. The highest BCUT2D eigenvalue weighted by molar-refractivity contribution is 6.28. The van der Waals surface area contributed by atoms with Gasteiger partial charge < -0.3 is 10.1 Å². The molecule has 1 aliphatic rings. The summed E-state index contributed by atoms with van der Waals surface area (Å²) >= 11 is 8.38. The van der Waals surface area contributed by atoms with E-state index in [0.29, 0.717) is 6.61 Å². The molecule has 14 heavy (non-hydrogen) atoms.